The molecule has 9 nitrogen and oxygen atoms in total. The van der Waals surface area contributed by atoms with Gasteiger partial charge in [0.2, 0.25) is 5.91 Å². The van der Waals surface area contributed by atoms with Crippen LogP contribution in [0.2, 0.25) is 0 Å². The number of aliphatic imine (C=N–C) groups is 1. The lowest BCUT2D eigenvalue weighted by atomic mass is 10.0. The van der Waals surface area contributed by atoms with E-state index in [-0.39, 0.29) is 17.9 Å². The van der Waals surface area contributed by atoms with Gasteiger partial charge in [-0.3, -0.25) is 9.79 Å². The number of hydrogen-bond donors (Lipinski definition) is 3. The summed E-state index contributed by atoms with van der Waals surface area (Å²) in [5.41, 5.74) is 2.59. The number of nitrogens with zero attached hydrogens (tertiary/aromatic N) is 3. The second-order valence-corrected chi connectivity index (χ2v) is 12.7. The highest BCUT2D eigenvalue weighted by molar-refractivity contribution is 5.87. The van der Waals surface area contributed by atoms with Gasteiger partial charge in [-0.2, -0.15) is 0 Å². The van der Waals surface area contributed by atoms with E-state index >= 15 is 0 Å². The van der Waals surface area contributed by atoms with Gasteiger partial charge in [-0.1, -0.05) is 82.5 Å². The van der Waals surface area contributed by atoms with Gasteiger partial charge in [-0.15, -0.1) is 0 Å². The Morgan fingerprint density at radius 3 is 2.49 bits per heavy atom. The predicted molar refractivity (Wildman–Crippen MR) is 182 cm³/mol. The molecule has 0 radical (unpaired) electrons. The Morgan fingerprint density at radius 1 is 0.956 bits per heavy atom. The molecule has 246 valence electrons. The Hall–Kier alpha value is -3.75. The van der Waals surface area contributed by atoms with Gasteiger partial charge in [0.05, 0.1) is 19.7 Å². The molecule has 0 spiro atoms. The number of fused-ring (bicyclic) bond motifs is 1. The summed E-state index contributed by atoms with van der Waals surface area (Å²) in [5, 5.41) is 8.88. The average Bonchev–Trinajstić information content (AvgIpc) is 3.60. The second kappa shape index (κ2) is 17.7. The van der Waals surface area contributed by atoms with Gasteiger partial charge < -0.3 is 30.5 Å². The van der Waals surface area contributed by atoms with Crippen LogP contribution >= 0.6 is 0 Å². The molecule has 2 aromatic rings. The fourth-order valence-electron chi connectivity index (χ4n) is 6.32. The number of urea groups is 1. The molecule has 9 heteroatoms. The summed E-state index contributed by atoms with van der Waals surface area (Å²) >= 11 is 0. The molecule has 2 aliphatic heterocycles. The summed E-state index contributed by atoms with van der Waals surface area (Å²) in [6, 6.07) is 18.8. The quantitative estimate of drug-likeness (QED) is 0.204. The van der Waals surface area contributed by atoms with E-state index in [2.05, 4.69) is 75.1 Å². The van der Waals surface area contributed by atoms with Crippen molar-refractivity contribution in [2.24, 2.45) is 10.9 Å². The standard InChI is InChI=1S/C36H54N6O3/c1-5-6-7-11-20-38-35(44)40-33(27(2)3)34(43)37-21-13-17-30-26-42-31(23-28-14-9-8-10-15-28)25-39-36(42)41(30)22-19-29-16-12-18-32(24-29)45-4/h8-10,12,14-16,18,24,27,30-31,33H,5-7,11,13,17,19-23,25-26H2,1-4H3,(H,37,43)(H2,38,40,44)/t30-,31-,33+/m0/s1. The van der Waals surface area contributed by atoms with Crippen LogP contribution in [0.15, 0.2) is 59.6 Å². The van der Waals surface area contributed by atoms with Crippen molar-refractivity contribution in [3.05, 3.63) is 65.7 Å². The van der Waals surface area contributed by atoms with E-state index in [1.807, 2.05) is 26.0 Å². The Bertz CT molecular complexity index is 1240. The zero-order chi connectivity index (χ0) is 32.0. The third-order valence-electron chi connectivity index (χ3n) is 8.90. The molecule has 0 aromatic heterocycles. The molecule has 4 rings (SSSR count). The fraction of sp³-hybridized carbons (Fsp3) is 0.583. The number of carbonyl (C=O) groups is 2. The van der Waals surface area contributed by atoms with E-state index in [0.29, 0.717) is 25.2 Å². The molecule has 3 atom stereocenters. The van der Waals surface area contributed by atoms with Crippen molar-refractivity contribution in [2.45, 2.75) is 90.3 Å². The number of benzene rings is 2. The maximum Gasteiger partial charge on any atom is 0.315 e. The molecule has 0 aliphatic carbocycles. The van der Waals surface area contributed by atoms with Crippen LogP contribution in [0.4, 0.5) is 4.79 Å². The highest BCUT2D eigenvalue weighted by atomic mass is 16.5. The molecule has 3 N–H and O–H groups in total. The topological polar surface area (TPSA) is 98.3 Å². The normalized spacial score (nSPS) is 18.0. The largest absolute Gasteiger partial charge is 0.497 e. The smallest absolute Gasteiger partial charge is 0.315 e. The van der Waals surface area contributed by atoms with Crippen molar-refractivity contribution < 1.29 is 14.3 Å². The van der Waals surface area contributed by atoms with Crippen molar-refractivity contribution in [1.29, 1.82) is 0 Å². The number of carbonyl (C=O) groups excluding carboxylic acids is 2. The van der Waals surface area contributed by atoms with E-state index in [0.717, 1.165) is 76.3 Å². The minimum atomic E-state index is -0.565. The van der Waals surface area contributed by atoms with Crippen molar-refractivity contribution in [2.75, 3.05) is 39.8 Å². The van der Waals surface area contributed by atoms with Crippen molar-refractivity contribution >= 4 is 17.9 Å². The molecule has 2 aliphatic rings. The first kappa shape index (κ1) is 34.1. The fourth-order valence-corrected chi connectivity index (χ4v) is 6.32. The monoisotopic (exact) mass is 618 g/mol. The molecule has 0 saturated carbocycles. The summed E-state index contributed by atoms with van der Waals surface area (Å²) in [4.78, 5) is 35.6. The molecule has 1 saturated heterocycles. The number of amides is 3. The summed E-state index contributed by atoms with van der Waals surface area (Å²) < 4.78 is 5.45. The van der Waals surface area contributed by atoms with Crippen molar-refractivity contribution in [3.8, 4) is 5.75 Å². The van der Waals surface area contributed by atoms with Gasteiger partial charge in [0.15, 0.2) is 5.96 Å². The molecular weight excluding hydrogens is 564 g/mol. The second-order valence-electron chi connectivity index (χ2n) is 12.7. The summed E-state index contributed by atoms with van der Waals surface area (Å²) in [6.45, 7) is 9.93. The van der Waals surface area contributed by atoms with Crippen molar-refractivity contribution in [1.82, 2.24) is 25.8 Å². The van der Waals surface area contributed by atoms with Gasteiger partial charge >= 0.3 is 6.03 Å². The minimum absolute atomic E-state index is 0.00971. The molecule has 0 unspecified atom stereocenters. The number of methoxy groups -OCH3 is 1. The van der Waals surface area contributed by atoms with Gasteiger partial charge in [0.25, 0.3) is 0 Å². The minimum Gasteiger partial charge on any atom is -0.497 e. The lowest BCUT2D eigenvalue weighted by Crippen LogP contribution is -2.52. The molecule has 3 amide bonds. The Labute approximate surface area is 270 Å². The number of unbranched alkanes of at least 4 members (excludes halogenated alkanes) is 3. The highest BCUT2D eigenvalue weighted by Gasteiger charge is 2.41. The first-order valence-electron chi connectivity index (χ1n) is 17.0. The summed E-state index contributed by atoms with van der Waals surface area (Å²) in [6.07, 6.45) is 8.07. The first-order chi connectivity index (χ1) is 21.9. The van der Waals surface area contributed by atoms with Gasteiger partial charge in [-0.05, 0) is 61.3 Å². The van der Waals surface area contributed by atoms with Crippen molar-refractivity contribution in [3.63, 3.8) is 0 Å². The molecule has 2 heterocycles. The van der Waals surface area contributed by atoms with E-state index in [1.54, 1.807) is 7.11 Å². The third kappa shape index (κ3) is 10.1. The predicted octanol–water partition coefficient (Wildman–Crippen LogP) is 5.01. The van der Waals surface area contributed by atoms with Gasteiger partial charge in [0.1, 0.15) is 11.8 Å². The average molecular weight is 619 g/mol. The Balaban J connectivity index is 1.31. The number of hydrogen-bond acceptors (Lipinski definition) is 6. The van der Waals surface area contributed by atoms with Crippen LogP contribution in [0.1, 0.15) is 70.4 Å². The lowest BCUT2D eigenvalue weighted by Gasteiger charge is -2.26. The van der Waals surface area contributed by atoms with Gasteiger partial charge in [-0.25, -0.2) is 4.79 Å². The number of rotatable bonds is 18. The van der Waals surface area contributed by atoms with Crippen LogP contribution in [-0.2, 0) is 17.6 Å². The zero-order valence-corrected chi connectivity index (χ0v) is 27.8. The first-order valence-corrected chi connectivity index (χ1v) is 17.0. The van der Waals surface area contributed by atoms with Crippen LogP contribution in [0, 0.1) is 5.92 Å². The summed E-state index contributed by atoms with van der Waals surface area (Å²) in [7, 11) is 1.70. The van der Waals surface area contributed by atoms with E-state index in [1.165, 1.54) is 17.5 Å². The molecule has 0 bridgehead atoms. The Morgan fingerprint density at radius 2 is 1.73 bits per heavy atom. The highest BCUT2D eigenvalue weighted by Crippen LogP contribution is 2.28. The molecule has 2 aromatic carbocycles. The molecule has 1 fully saturated rings. The maximum atomic E-state index is 13.1. The SMILES string of the molecule is CCCCCCNC(=O)N[C@@H](C(=O)NCCC[C@H]1CN2C(=NC[C@@H]2Cc2ccccc2)N1CCc1cccc(OC)c1)C(C)C. The van der Waals surface area contributed by atoms with E-state index in [4.69, 9.17) is 9.73 Å². The van der Waals surface area contributed by atoms with E-state index < -0.39 is 6.04 Å². The van der Waals surface area contributed by atoms with Crippen LogP contribution in [-0.4, -0.2) is 85.7 Å². The molecule has 45 heavy (non-hydrogen) atoms. The van der Waals surface area contributed by atoms with Crippen LogP contribution < -0.4 is 20.7 Å². The van der Waals surface area contributed by atoms with Crippen LogP contribution in [0.5, 0.6) is 5.75 Å². The zero-order valence-electron chi connectivity index (χ0n) is 27.8. The van der Waals surface area contributed by atoms with Crippen LogP contribution in [0.25, 0.3) is 0 Å². The maximum absolute atomic E-state index is 13.1. The van der Waals surface area contributed by atoms with Gasteiger partial charge in [0, 0.05) is 32.2 Å². The lowest BCUT2D eigenvalue weighted by molar-refractivity contribution is -0.123. The third-order valence-corrected chi connectivity index (χ3v) is 8.90. The molecular formula is C36H54N6O3. The van der Waals surface area contributed by atoms with E-state index in [9.17, 15) is 9.59 Å². The number of nitrogens with one attached hydrogen (secondary N) is 3. The van der Waals surface area contributed by atoms with Crippen LogP contribution in [0.3, 0.4) is 0 Å². The Kier molecular flexibility index (Phi) is 13.4. The number of guanidine groups is 1. The summed E-state index contributed by atoms with van der Waals surface area (Å²) in [5.74, 6) is 1.85. The number of ether oxygens (including phenoxy) is 1.